The normalized spacial score (nSPS) is 10.8. The molecule has 0 saturated carbocycles. The predicted octanol–water partition coefficient (Wildman–Crippen LogP) is 1.94. The zero-order valence-corrected chi connectivity index (χ0v) is 12.9. The minimum atomic E-state index is -0.286. The van der Waals surface area contributed by atoms with Gasteiger partial charge in [0.1, 0.15) is 11.6 Å². The molecule has 0 fully saturated rings. The Morgan fingerprint density at radius 2 is 2.10 bits per heavy atom. The minimum Gasteiger partial charge on any atom is -0.385 e. The summed E-state index contributed by atoms with van der Waals surface area (Å²) in [5.74, 6) is 1.14. The molecule has 112 valence electrons. The summed E-state index contributed by atoms with van der Waals surface area (Å²) in [5, 5.41) is 9.96. The van der Waals surface area contributed by atoms with Crippen molar-refractivity contribution in [1.82, 2.24) is 19.7 Å². The Hall–Kier alpha value is -2.44. The molecule has 0 aliphatic carbocycles. The molecule has 7 heteroatoms. The molecule has 0 radical (unpaired) electrons. The number of nitrogens with zero attached hydrogens (tertiary/aromatic N) is 4. The summed E-state index contributed by atoms with van der Waals surface area (Å²) in [4.78, 5) is 21.1. The highest BCUT2D eigenvalue weighted by Crippen LogP contribution is 2.18. The van der Waals surface area contributed by atoms with Crippen LogP contribution < -0.4 is 10.6 Å². The molecule has 0 saturated heterocycles. The summed E-state index contributed by atoms with van der Waals surface area (Å²) in [6, 6.07) is 1.81. The standard InChI is InChI=1S/C14H20N6O/c1-8(2)13-16-7-10(15-4)12(18-13)14(21)17-11-6-9(3)19-20(11)5/h6-8,15H,1-5H3,(H,17,21). The molecule has 21 heavy (non-hydrogen) atoms. The Balaban J connectivity index is 2.33. The predicted molar refractivity (Wildman–Crippen MR) is 81.6 cm³/mol. The van der Waals surface area contributed by atoms with E-state index in [0.717, 1.165) is 5.69 Å². The number of hydrogen-bond donors (Lipinski definition) is 2. The van der Waals surface area contributed by atoms with Gasteiger partial charge >= 0.3 is 0 Å². The van der Waals surface area contributed by atoms with Crippen LogP contribution in [-0.2, 0) is 7.05 Å². The van der Waals surface area contributed by atoms with Crippen LogP contribution in [0.2, 0.25) is 0 Å². The summed E-state index contributed by atoms with van der Waals surface area (Å²) < 4.78 is 1.62. The van der Waals surface area contributed by atoms with Crippen LogP contribution >= 0.6 is 0 Å². The number of anilines is 2. The number of carbonyl (C=O) groups excluding carboxylic acids is 1. The van der Waals surface area contributed by atoms with E-state index in [1.54, 1.807) is 25.0 Å². The maximum absolute atomic E-state index is 12.4. The van der Waals surface area contributed by atoms with E-state index in [2.05, 4.69) is 25.7 Å². The van der Waals surface area contributed by atoms with Gasteiger partial charge in [-0.15, -0.1) is 0 Å². The minimum absolute atomic E-state index is 0.154. The fraction of sp³-hybridized carbons (Fsp3) is 0.429. The van der Waals surface area contributed by atoms with Crippen LogP contribution in [-0.4, -0.2) is 32.7 Å². The number of carbonyl (C=O) groups is 1. The lowest BCUT2D eigenvalue weighted by Crippen LogP contribution is -2.19. The molecule has 0 bridgehead atoms. The van der Waals surface area contributed by atoms with Crippen LogP contribution in [0.4, 0.5) is 11.5 Å². The van der Waals surface area contributed by atoms with Crippen molar-refractivity contribution in [2.75, 3.05) is 17.7 Å². The van der Waals surface area contributed by atoms with Crippen molar-refractivity contribution in [2.45, 2.75) is 26.7 Å². The van der Waals surface area contributed by atoms with Crippen molar-refractivity contribution < 1.29 is 4.79 Å². The average molecular weight is 288 g/mol. The number of aryl methyl sites for hydroxylation is 2. The second-order valence-corrected chi connectivity index (χ2v) is 5.14. The third-order valence-electron chi connectivity index (χ3n) is 3.05. The largest absolute Gasteiger partial charge is 0.385 e. The van der Waals surface area contributed by atoms with Gasteiger partial charge in [-0.3, -0.25) is 9.48 Å². The monoisotopic (exact) mass is 288 g/mol. The third kappa shape index (κ3) is 3.18. The molecular formula is C14H20N6O. The molecule has 2 aromatic rings. The van der Waals surface area contributed by atoms with Crippen LogP contribution in [0.25, 0.3) is 0 Å². The zero-order valence-electron chi connectivity index (χ0n) is 12.9. The first kappa shape index (κ1) is 15.0. The van der Waals surface area contributed by atoms with E-state index < -0.39 is 0 Å². The molecule has 0 aliphatic heterocycles. The number of aromatic nitrogens is 4. The summed E-state index contributed by atoms with van der Waals surface area (Å²) in [5.41, 5.74) is 1.76. The maximum atomic E-state index is 12.4. The maximum Gasteiger partial charge on any atom is 0.277 e. The van der Waals surface area contributed by atoms with Crippen LogP contribution in [0.3, 0.4) is 0 Å². The highest BCUT2D eigenvalue weighted by Gasteiger charge is 2.17. The number of amides is 1. The fourth-order valence-electron chi connectivity index (χ4n) is 1.93. The van der Waals surface area contributed by atoms with Gasteiger partial charge in [-0.05, 0) is 6.92 Å². The molecule has 2 rings (SSSR count). The van der Waals surface area contributed by atoms with Crippen molar-refractivity contribution >= 4 is 17.4 Å². The molecule has 0 spiro atoms. The second-order valence-electron chi connectivity index (χ2n) is 5.14. The van der Waals surface area contributed by atoms with Gasteiger partial charge in [0.05, 0.1) is 17.6 Å². The van der Waals surface area contributed by atoms with E-state index in [1.165, 1.54) is 0 Å². The highest BCUT2D eigenvalue weighted by molar-refractivity contribution is 6.06. The van der Waals surface area contributed by atoms with Gasteiger partial charge in [0.15, 0.2) is 5.69 Å². The second kappa shape index (κ2) is 5.90. The van der Waals surface area contributed by atoms with E-state index in [4.69, 9.17) is 0 Å². The van der Waals surface area contributed by atoms with Gasteiger partial charge in [0, 0.05) is 26.1 Å². The SMILES string of the molecule is CNc1cnc(C(C)C)nc1C(=O)Nc1cc(C)nn1C. The molecule has 2 aromatic heterocycles. The fourth-order valence-corrected chi connectivity index (χ4v) is 1.93. The van der Waals surface area contributed by atoms with Crippen molar-refractivity contribution in [2.24, 2.45) is 7.05 Å². The van der Waals surface area contributed by atoms with Crippen molar-refractivity contribution in [3.05, 3.63) is 29.5 Å². The van der Waals surface area contributed by atoms with Crippen molar-refractivity contribution in [1.29, 1.82) is 0 Å². The summed E-state index contributed by atoms with van der Waals surface area (Å²) in [6.07, 6.45) is 1.63. The molecule has 0 aromatic carbocycles. The quantitative estimate of drug-likeness (QED) is 0.898. The van der Waals surface area contributed by atoms with E-state index in [9.17, 15) is 4.79 Å². The lowest BCUT2D eigenvalue weighted by atomic mass is 10.2. The van der Waals surface area contributed by atoms with E-state index >= 15 is 0 Å². The first-order chi connectivity index (χ1) is 9.92. The van der Waals surface area contributed by atoms with Crippen molar-refractivity contribution in [3.8, 4) is 0 Å². The molecule has 0 aliphatic rings. The number of hydrogen-bond acceptors (Lipinski definition) is 5. The third-order valence-corrected chi connectivity index (χ3v) is 3.05. The van der Waals surface area contributed by atoms with Gasteiger partial charge in [0.2, 0.25) is 0 Å². The molecule has 1 amide bonds. The van der Waals surface area contributed by atoms with Crippen LogP contribution in [0.15, 0.2) is 12.3 Å². The molecule has 0 unspecified atom stereocenters. The van der Waals surface area contributed by atoms with Crippen molar-refractivity contribution in [3.63, 3.8) is 0 Å². The molecule has 7 nitrogen and oxygen atoms in total. The summed E-state index contributed by atoms with van der Waals surface area (Å²) in [7, 11) is 3.51. The topological polar surface area (TPSA) is 84.7 Å². The van der Waals surface area contributed by atoms with E-state index in [0.29, 0.717) is 23.0 Å². The van der Waals surface area contributed by atoms with Gasteiger partial charge in [-0.1, -0.05) is 13.8 Å². The Kier molecular flexibility index (Phi) is 4.21. The van der Waals surface area contributed by atoms with E-state index in [-0.39, 0.29) is 11.8 Å². The Labute approximate surface area is 123 Å². The van der Waals surface area contributed by atoms with Gasteiger partial charge in [-0.2, -0.15) is 5.10 Å². The summed E-state index contributed by atoms with van der Waals surface area (Å²) >= 11 is 0. The van der Waals surface area contributed by atoms with E-state index in [1.807, 2.05) is 26.8 Å². The van der Waals surface area contributed by atoms with Gasteiger partial charge < -0.3 is 10.6 Å². The lowest BCUT2D eigenvalue weighted by molar-refractivity contribution is 0.102. The first-order valence-corrected chi connectivity index (χ1v) is 6.79. The molecular weight excluding hydrogens is 268 g/mol. The smallest absolute Gasteiger partial charge is 0.277 e. The number of nitrogens with one attached hydrogen (secondary N) is 2. The summed E-state index contributed by atoms with van der Waals surface area (Å²) in [6.45, 7) is 5.84. The van der Waals surface area contributed by atoms with Gasteiger partial charge in [-0.25, -0.2) is 9.97 Å². The number of rotatable bonds is 4. The van der Waals surface area contributed by atoms with Gasteiger partial charge in [0.25, 0.3) is 5.91 Å². The first-order valence-electron chi connectivity index (χ1n) is 6.79. The van der Waals surface area contributed by atoms with Crippen LogP contribution in [0, 0.1) is 6.92 Å². The Morgan fingerprint density at radius 3 is 2.62 bits per heavy atom. The van der Waals surface area contributed by atoms with Crippen LogP contribution in [0.5, 0.6) is 0 Å². The Morgan fingerprint density at radius 1 is 1.38 bits per heavy atom. The van der Waals surface area contributed by atoms with Crippen LogP contribution in [0.1, 0.15) is 41.8 Å². The molecule has 2 heterocycles. The molecule has 0 atom stereocenters. The lowest BCUT2D eigenvalue weighted by Gasteiger charge is -2.11. The highest BCUT2D eigenvalue weighted by atomic mass is 16.2. The average Bonchev–Trinajstić information content (AvgIpc) is 2.75. The Bertz CT molecular complexity index is 661. The molecule has 2 N–H and O–H groups in total. The zero-order chi connectivity index (χ0) is 15.6.